The quantitative estimate of drug-likeness (QED) is 0.794. The molecule has 1 aromatic carbocycles. The highest BCUT2D eigenvalue weighted by Gasteiger charge is 2.26. The van der Waals surface area contributed by atoms with E-state index in [1.165, 1.54) is 0 Å². The Morgan fingerprint density at radius 2 is 1.84 bits per heavy atom. The number of piperidine rings is 1. The van der Waals surface area contributed by atoms with Crippen LogP contribution < -0.4 is 10.6 Å². The average molecular weight is 404 g/mol. The first kappa shape index (κ1) is 18.3. The molecule has 0 amide bonds. The molecule has 1 fully saturated rings. The van der Waals surface area contributed by atoms with E-state index in [-0.39, 0.29) is 23.4 Å². The van der Waals surface area contributed by atoms with Crippen LogP contribution in [0.25, 0.3) is 0 Å². The summed E-state index contributed by atoms with van der Waals surface area (Å²) >= 11 is 11.9. The molecule has 0 unspecified atom stereocenters. The summed E-state index contributed by atoms with van der Waals surface area (Å²) < 4.78 is 25.0. The van der Waals surface area contributed by atoms with Gasteiger partial charge in [-0.1, -0.05) is 23.2 Å². The fourth-order valence-electron chi connectivity index (χ4n) is 3.07. The lowest BCUT2D eigenvalue weighted by molar-refractivity contribution is 0.432. The Labute approximate surface area is 156 Å². The number of nitrogens with zero attached hydrogens (tertiary/aromatic N) is 3. The van der Waals surface area contributed by atoms with E-state index < -0.39 is 9.84 Å². The van der Waals surface area contributed by atoms with Crippen LogP contribution in [0.3, 0.4) is 0 Å². The first-order valence-corrected chi connectivity index (χ1v) is 10.5. The van der Waals surface area contributed by atoms with E-state index in [2.05, 4.69) is 15.2 Å². The van der Waals surface area contributed by atoms with Gasteiger partial charge in [0, 0.05) is 23.1 Å². The van der Waals surface area contributed by atoms with Gasteiger partial charge >= 0.3 is 0 Å². The largest absolute Gasteiger partial charge is 0.368 e. The highest BCUT2D eigenvalue weighted by molar-refractivity contribution is 7.90. The summed E-state index contributed by atoms with van der Waals surface area (Å²) in [4.78, 5) is 6.11. The molecule has 1 aliphatic rings. The molecule has 0 spiro atoms. The monoisotopic (exact) mass is 403 g/mol. The molecule has 0 saturated carbocycles. The predicted molar refractivity (Wildman–Crippen MR) is 99.7 cm³/mol. The maximum Gasteiger partial charge on any atom is 0.246 e. The van der Waals surface area contributed by atoms with Gasteiger partial charge in [0.1, 0.15) is 0 Å². The van der Waals surface area contributed by atoms with Crippen molar-refractivity contribution in [2.45, 2.75) is 18.6 Å². The Kier molecular flexibility index (Phi) is 5.41. The van der Waals surface area contributed by atoms with Gasteiger partial charge in [0.05, 0.1) is 11.5 Å². The number of anilines is 2. The number of hydrogen-bond acceptors (Lipinski definition) is 6. The molecule has 3 N–H and O–H groups in total. The van der Waals surface area contributed by atoms with Gasteiger partial charge in [0.25, 0.3) is 0 Å². The first-order chi connectivity index (χ1) is 11.8. The Balaban J connectivity index is 1.57. The number of hydrogen-bond donors (Lipinski definition) is 2. The van der Waals surface area contributed by atoms with Gasteiger partial charge in [-0.05, 0) is 42.5 Å². The Hall–Kier alpha value is -1.51. The molecule has 1 aromatic heterocycles. The molecule has 2 aromatic rings. The molecule has 136 valence electrons. The molecule has 1 saturated heterocycles. The van der Waals surface area contributed by atoms with Gasteiger partial charge in [-0.15, -0.1) is 5.10 Å². The van der Waals surface area contributed by atoms with E-state index in [0.29, 0.717) is 34.6 Å². The number of nitrogens with one attached hydrogen (secondary N) is 1. The van der Waals surface area contributed by atoms with Crippen molar-refractivity contribution >= 4 is 44.9 Å². The van der Waals surface area contributed by atoms with E-state index in [1.54, 1.807) is 18.2 Å². The van der Waals surface area contributed by atoms with E-state index in [1.807, 2.05) is 4.90 Å². The lowest BCUT2D eigenvalue weighted by Crippen LogP contribution is -2.36. The Morgan fingerprint density at radius 3 is 2.40 bits per heavy atom. The Bertz CT molecular complexity index is 827. The zero-order valence-corrected chi connectivity index (χ0v) is 15.8. The molecule has 25 heavy (non-hydrogen) atoms. The van der Waals surface area contributed by atoms with Gasteiger partial charge in [-0.3, -0.25) is 0 Å². The van der Waals surface area contributed by atoms with Crippen LogP contribution in [0.1, 0.15) is 18.4 Å². The van der Waals surface area contributed by atoms with E-state index in [9.17, 15) is 8.42 Å². The smallest absolute Gasteiger partial charge is 0.246 e. The second kappa shape index (κ2) is 7.39. The fourth-order valence-corrected chi connectivity index (χ4v) is 5.49. The van der Waals surface area contributed by atoms with E-state index in [4.69, 9.17) is 28.9 Å². The van der Waals surface area contributed by atoms with Gasteiger partial charge in [0.2, 0.25) is 11.9 Å². The van der Waals surface area contributed by atoms with Crippen molar-refractivity contribution in [2.75, 3.05) is 29.5 Å². The minimum absolute atomic E-state index is 0.0506. The van der Waals surface area contributed by atoms with Crippen molar-refractivity contribution in [1.29, 1.82) is 0 Å². The average Bonchev–Trinajstić information content (AvgIpc) is 2.92. The number of nitrogen functional groups attached to an aromatic ring is 1. The topological polar surface area (TPSA) is 105 Å². The van der Waals surface area contributed by atoms with Crippen LogP contribution in [0.5, 0.6) is 0 Å². The predicted octanol–water partition coefficient (Wildman–Crippen LogP) is 2.53. The SMILES string of the molecule is Nc1nc(N2CCC(CS(=O)(=O)Cc3cc(Cl)cc(Cl)c3)CC2)n[nH]1. The number of nitrogens with two attached hydrogens (primary N) is 1. The Morgan fingerprint density at radius 1 is 1.20 bits per heavy atom. The zero-order valence-electron chi connectivity index (χ0n) is 13.5. The lowest BCUT2D eigenvalue weighted by atomic mass is 9.99. The molecule has 0 radical (unpaired) electrons. The molecular formula is C15H19Cl2N5O2S. The molecule has 3 rings (SSSR count). The van der Waals surface area contributed by atoms with E-state index in [0.717, 1.165) is 12.8 Å². The molecule has 0 bridgehead atoms. The number of halogens is 2. The highest BCUT2D eigenvalue weighted by Crippen LogP contribution is 2.25. The summed E-state index contributed by atoms with van der Waals surface area (Å²) in [5, 5.41) is 7.53. The molecule has 0 atom stereocenters. The molecule has 7 nitrogen and oxygen atoms in total. The summed E-state index contributed by atoms with van der Waals surface area (Å²) in [7, 11) is -3.24. The van der Waals surface area contributed by atoms with Crippen LogP contribution in [0, 0.1) is 5.92 Å². The van der Waals surface area contributed by atoms with Crippen LogP contribution in [0.4, 0.5) is 11.9 Å². The maximum atomic E-state index is 12.5. The number of aromatic nitrogens is 3. The van der Waals surface area contributed by atoms with Crippen LogP contribution in [-0.4, -0.2) is 42.4 Å². The summed E-state index contributed by atoms with van der Waals surface area (Å²) in [6.07, 6.45) is 1.54. The second-order valence-electron chi connectivity index (χ2n) is 6.28. The number of sulfone groups is 1. The standard InChI is InChI=1S/C15H19Cl2N5O2S/c16-12-5-11(6-13(17)7-12)9-25(23,24)8-10-1-3-22(4-2-10)15-19-14(18)20-21-15/h5-7,10H,1-4,8-9H2,(H3,18,19,20,21). The normalized spacial score (nSPS) is 16.3. The highest BCUT2D eigenvalue weighted by atomic mass is 35.5. The number of aromatic amines is 1. The minimum atomic E-state index is -3.24. The third-order valence-electron chi connectivity index (χ3n) is 4.19. The van der Waals surface area contributed by atoms with Gasteiger partial charge in [-0.2, -0.15) is 4.98 Å². The molecular weight excluding hydrogens is 385 g/mol. The van der Waals surface area contributed by atoms with Crippen molar-refractivity contribution < 1.29 is 8.42 Å². The van der Waals surface area contributed by atoms with Crippen molar-refractivity contribution in [2.24, 2.45) is 5.92 Å². The minimum Gasteiger partial charge on any atom is -0.368 e. The first-order valence-electron chi connectivity index (χ1n) is 7.89. The number of rotatable bonds is 5. The summed E-state index contributed by atoms with van der Waals surface area (Å²) in [6, 6.07) is 4.87. The van der Waals surface area contributed by atoms with Crippen molar-refractivity contribution in [1.82, 2.24) is 15.2 Å². The molecule has 1 aliphatic heterocycles. The molecule has 10 heteroatoms. The third-order valence-corrected chi connectivity index (χ3v) is 6.38. The van der Waals surface area contributed by atoms with E-state index >= 15 is 0 Å². The fraction of sp³-hybridized carbons (Fsp3) is 0.467. The number of benzene rings is 1. The van der Waals surface area contributed by atoms with Crippen molar-refractivity contribution in [3.63, 3.8) is 0 Å². The second-order valence-corrected chi connectivity index (χ2v) is 9.27. The van der Waals surface area contributed by atoms with Gasteiger partial charge < -0.3 is 10.6 Å². The maximum absolute atomic E-state index is 12.5. The van der Waals surface area contributed by atoms with Gasteiger partial charge in [-0.25, -0.2) is 13.5 Å². The summed E-state index contributed by atoms with van der Waals surface area (Å²) in [6.45, 7) is 1.42. The van der Waals surface area contributed by atoms with Crippen LogP contribution in [0.2, 0.25) is 10.0 Å². The third kappa shape index (κ3) is 4.99. The van der Waals surface area contributed by atoms with Crippen LogP contribution in [0.15, 0.2) is 18.2 Å². The van der Waals surface area contributed by atoms with Crippen LogP contribution in [-0.2, 0) is 15.6 Å². The zero-order chi connectivity index (χ0) is 18.0. The van der Waals surface area contributed by atoms with Crippen molar-refractivity contribution in [3.8, 4) is 0 Å². The summed E-state index contributed by atoms with van der Waals surface area (Å²) in [5.74, 6) is 1.06. The molecule has 2 heterocycles. The number of H-pyrrole nitrogens is 1. The van der Waals surface area contributed by atoms with Crippen molar-refractivity contribution in [3.05, 3.63) is 33.8 Å². The summed E-state index contributed by atoms with van der Waals surface area (Å²) in [5.41, 5.74) is 6.15. The molecule has 0 aliphatic carbocycles. The lowest BCUT2D eigenvalue weighted by Gasteiger charge is -2.30. The van der Waals surface area contributed by atoms with Gasteiger partial charge in [0.15, 0.2) is 9.84 Å². The van der Waals surface area contributed by atoms with Crippen LogP contribution >= 0.6 is 23.2 Å².